The summed E-state index contributed by atoms with van der Waals surface area (Å²) >= 11 is 0. The lowest BCUT2D eigenvalue weighted by molar-refractivity contribution is -0.157. The van der Waals surface area contributed by atoms with Crippen molar-refractivity contribution < 1.29 is 35.9 Å². The molecule has 1 saturated heterocycles. The highest BCUT2D eigenvalue weighted by Gasteiger charge is 2.50. The molecule has 1 heterocycles. The van der Waals surface area contributed by atoms with Crippen LogP contribution in [0.5, 0.6) is 0 Å². The molecule has 11 heteroatoms. The van der Waals surface area contributed by atoms with Crippen LogP contribution in [0.2, 0.25) is 0 Å². The highest BCUT2D eigenvalue weighted by molar-refractivity contribution is 7.82. The van der Waals surface area contributed by atoms with Crippen LogP contribution in [0.25, 0.3) is 0 Å². The molecule has 0 saturated carbocycles. The van der Waals surface area contributed by atoms with Crippen molar-refractivity contribution in [3.8, 4) is 0 Å². The second-order valence-electron chi connectivity index (χ2n) is 8.76. The Morgan fingerprint density at radius 1 is 0.917 bits per heavy atom. The van der Waals surface area contributed by atoms with Crippen LogP contribution in [0, 0.1) is 5.92 Å². The number of amides is 2. The molecule has 0 aliphatic carbocycles. The zero-order valence-electron chi connectivity index (χ0n) is 20.1. The van der Waals surface area contributed by atoms with Crippen molar-refractivity contribution in [2.24, 2.45) is 5.92 Å². The monoisotopic (exact) mass is 518 g/mol. The Hall–Kier alpha value is -3.28. The third kappa shape index (κ3) is 8.14. The van der Waals surface area contributed by atoms with Gasteiger partial charge in [-0.3, -0.25) is 9.59 Å². The summed E-state index contributed by atoms with van der Waals surface area (Å²) in [7, 11) is -4.62. The topological polar surface area (TPSA) is 137 Å². The zero-order valence-corrected chi connectivity index (χ0v) is 20.9. The fourth-order valence-electron chi connectivity index (χ4n) is 3.45. The lowest BCUT2D eigenvalue weighted by atomic mass is 10.0. The molecule has 2 aromatic carbocycles. The van der Waals surface area contributed by atoms with E-state index < -0.39 is 46.4 Å². The fraction of sp³-hybridized carbons (Fsp3) is 0.400. The van der Waals surface area contributed by atoms with Gasteiger partial charge in [0.05, 0.1) is 0 Å². The number of nitrogens with one attached hydrogen (secondary N) is 2. The van der Waals surface area contributed by atoms with Crippen LogP contribution in [0.1, 0.15) is 31.4 Å². The fourth-order valence-corrected chi connectivity index (χ4v) is 4.37. The molecule has 10 nitrogen and oxygen atoms in total. The van der Waals surface area contributed by atoms with Gasteiger partial charge in [-0.25, -0.2) is 13.2 Å². The van der Waals surface area contributed by atoms with Gasteiger partial charge in [-0.2, -0.15) is 8.42 Å². The molecule has 3 rings (SSSR count). The third-order valence-electron chi connectivity index (χ3n) is 5.37. The Labute approximate surface area is 210 Å². The maximum atomic E-state index is 13.0. The Kier molecular flexibility index (Phi) is 9.57. The molecular weight excluding hydrogens is 488 g/mol. The molecule has 0 aromatic heterocycles. The summed E-state index contributed by atoms with van der Waals surface area (Å²) in [5, 5.41) is 5.30. The van der Waals surface area contributed by atoms with Crippen molar-refractivity contribution in [1.29, 1.82) is 0 Å². The first-order valence-electron chi connectivity index (χ1n) is 11.6. The van der Waals surface area contributed by atoms with Crippen molar-refractivity contribution in [2.75, 3.05) is 6.54 Å². The largest absolute Gasteiger partial charge is 0.459 e. The first-order valence-corrected chi connectivity index (χ1v) is 12.9. The summed E-state index contributed by atoms with van der Waals surface area (Å²) < 4.78 is 38.5. The summed E-state index contributed by atoms with van der Waals surface area (Å²) in [5.41, 5.74) is 1.44. The van der Waals surface area contributed by atoms with E-state index in [2.05, 4.69) is 10.6 Å². The van der Waals surface area contributed by atoms with Gasteiger partial charge in [0.2, 0.25) is 12.0 Å². The number of ether oxygens (including phenoxy) is 1. The van der Waals surface area contributed by atoms with E-state index >= 15 is 0 Å². The van der Waals surface area contributed by atoms with Crippen molar-refractivity contribution in [2.45, 2.75) is 51.5 Å². The molecule has 3 atom stereocenters. The number of esters is 1. The maximum Gasteiger partial charge on any atom is 0.401 e. The average Bonchev–Trinajstić information content (AvgIpc) is 3.18. The molecule has 2 aromatic rings. The number of rotatable bonds is 11. The molecule has 36 heavy (non-hydrogen) atoms. The average molecular weight is 519 g/mol. The maximum absolute atomic E-state index is 13.0. The van der Waals surface area contributed by atoms with Crippen LogP contribution >= 0.6 is 0 Å². The Bertz CT molecular complexity index is 1140. The first kappa shape index (κ1) is 27.3. The van der Waals surface area contributed by atoms with Crippen LogP contribution in [-0.4, -0.2) is 51.0 Å². The van der Waals surface area contributed by atoms with Crippen molar-refractivity contribution >= 4 is 28.2 Å². The van der Waals surface area contributed by atoms with Gasteiger partial charge >= 0.3 is 16.4 Å². The lowest BCUT2D eigenvalue weighted by Crippen LogP contribution is -2.53. The van der Waals surface area contributed by atoms with Crippen molar-refractivity contribution in [3.05, 3.63) is 71.8 Å². The summed E-state index contributed by atoms with van der Waals surface area (Å²) in [6.45, 7) is 4.29. The second kappa shape index (κ2) is 12.6. The van der Waals surface area contributed by atoms with E-state index in [9.17, 15) is 22.8 Å². The van der Waals surface area contributed by atoms with Crippen LogP contribution < -0.4 is 10.6 Å². The van der Waals surface area contributed by atoms with Gasteiger partial charge in [0, 0.05) is 13.0 Å². The summed E-state index contributed by atoms with van der Waals surface area (Å²) in [4.78, 5) is 38.5. The molecule has 1 aliphatic heterocycles. The Morgan fingerprint density at radius 2 is 1.50 bits per heavy atom. The highest BCUT2D eigenvalue weighted by Crippen LogP contribution is 2.23. The van der Waals surface area contributed by atoms with Crippen LogP contribution in [-0.2, 0) is 50.9 Å². The molecule has 2 N–H and O–H groups in total. The van der Waals surface area contributed by atoms with Crippen LogP contribution in [0.4, 0.5) is 0 Å². The molecule has 0 unspecified atom stereocenters. The van der Waals surface area contributed by atoms with E-state index in [1.165, 1.54) is 0 Å². The molecule has 0 bridgehead atoms. The minimum atomic E-state index is -4.62. The van der Waals surface area contributed by atoms with E-state index in [1.807, 2.05) is 19.9 Å². The van der Waals surface area contributed by atoms with E-state index in [4.69, 9.17) is 13.1 Å². The minimum absolute atomic E-state index is 0.142. The number of benzene rings is 2. The van der Waals surface area contributed by atoms with Gasteiger partial charge in [0.1, 0.15) is 12.6 Å². The van der Waals surface area contributed by atoms with Gasteiger partial charge in [-0.1, -0.05) is 74.5 Å². The number of hydrogen-bond donors (Lipinski definition) is 2. The van der Waals surface area contributed by atoms with Crippen LogP contribution in [0.15, 0.2) is 60.7 Å². The molecule has 0 radical (unpaired) electrons. The molecule has 1 fully saturated rings. The Morgan fingerprint density at radius 3 is 2.11 bits per heavy atom. The van der Waals surface area contributed by atoms with E-state index in [-0.39, 0.29) is 13.0 Å². The summed E-state index contributed by atoms with van der Waals surface area (Å²) in [6, 6.07) is 16.7. The number of carbonyl (C=O) groups excluding carboxylic acids is 3. The highest BCUT2D eigenvalue weighted by atomic mass is 32.3. The first-order chi connectivity index (χ1) is 17.1. The van der Waals surface area contributed by atoms with Crippen molar-refractivity contribution in [1.82, 2.24) is 10.6 Å². The summed E-state index contributed by atoms with van der Waals surface area (Å²) in [6.07, 6.45) is -2.81. The Balaban J connectivity index is 1.71. The quantitative estimate of drug-likeness (QED) is 0.429. The second-order valence-corrected chi connectivity index (χ2v) is 9.96. The van der Waals surface area contributed by atoms with Gasteiger partial charge < -0.3 is 15.4 Å². The summed E-state index contributed by atoms with van der Waals surface area (Å²) in [5.74, 6) is -2.15. The molecular formula is C25H30N2O8S. The smallest absolute Gasteiger partial charge is 0.401 e. The van der Waals surface area contributed by atoms with Gasteiger partial charge in [0.15, 0.2) is 6.10 Å². The van der Waals surface area contributed by atoms with E-state index in [1.54, 1.807) is 54.6 Å². The van der Waals surface area contributed by atoms with E-state index in [0.717, 1.165) is 12.0 Å². The molecule has 0 spiro atoms. The predicted molar refractivity (Wildman–Crippen MR) is 129 cm³/mol. The molecule has 194 valence electrons. The zero-order chi connectivity index (χ0) is 26.1. The molecule has 1 aliphatic rings. The van der Waals surface area contributed by atoms with E-state index in [0.29, 0.717) is 18.0 Å². The van der Waals surface area contributed by atoms with Crippen molar-refractivity contribution in [3.63, 3.8) is 0 Å². The lowest BCUT2D eigenvalue weighted by Gasteiger charge is -2.21. The number of hydrogen-bond acceptors (Lipinski definition) is 8. The SMILES string of the molecule is CC(C)CCNC(=O)[C@H](Cc1ccccc1)NC(=O)[C@H]1OS(=O)(=O)O[C@@H]1C(=O)OCc1ccccc1. The predicted octanol–water partition coefficient (Wildman–Crippen LogP) is 1.65. The van der Waals surface area contributed by atoms with Gasteiger partial charge in [-0.15, -0.1) is 0 Å². The van der Waals surface area contributed by atoms with Crippen LogP contribution in [0.3, 0.4) is 0 Å². The number of carbonyl (C=O) groups is 3. The standard InChI is InChI=1S/C25H30N2O8S/c1-17(2)13-14-26-23(28)20(15-18-9-5-3-6-10-18)27-24(29)21-22(35-36(31,32)34-21)25(30)33-16-19-11-7-4-8-12-19/h3-12,17,20-22H,13-16H2,1-2H3,(H,26,28)(H,27,29)/t20-,21-,22-/m0/s1. The van der Waals surface area contributed by atoms with Gasteiger partial charge in [-0.05, 0) is 23.5 Å². The normalized spacial score (nSPS) is 19.4. The van der Waals surface area contributed by atoms with Gasteiger partial charge in [0.25, 0.3) is 5.91 Å². The minimum Gasteiger partial charge on any atom is -0.459 e. The molecule has 2 amide bonds. The third-order valence-corrected chi connectivity index (χ3v) is 6.26.